The smallest absolute Gasteiger partial charge is 0.489 e. The minimum absolute atomic E-state index is 0.0288. The van der Waals surface area contributed by atoms with E-state index in [0.29, 0.717) is 11.6 Å². The second kappa shape index (κ2) is 6.69. The van der Waals surface area contributed by atoms with Crippen LogP contribution in [0.5, 0.6) is 11.5 Å². The van der Waals surface area contributed by atoms with Crippen molar-refractivity contribution in [3.05, 3.63) is 53.6 Å². The van der Waals surface area contributed by atoms with Crippen LogP contribution in [0.15, 0.2) is 47.4 Å². The summed E-state index contributed by atoms with van der Waals surface area (Å²) >= 11 is 0. The molecule has 6 nitrogen and oxygen atoms in total. The fraction of sp³-hybridized carbons (Fsp3) is 0.278. The van der Waals surface area contributed by atoms with Crippen LogP contribution in [-0.2, 0) is 21.2 Å². The molecule has 2 aromatic carbocycles. The molecular weight excluding hydrogens is 401 g/mol. The van der Waals surface area contributed by atoms with E-state index in [9.17, 15) is 26.4 Å². The first kappa shape index (κ1) is 20.0. The normalized spacial score (nSPS) is 16.0. The molecule has 0 saturated carbocycles. The maximum atomic E-state index is 13.1. The van der Waals surface area contributed by atoms with Gasteiger partial charge in [-0.2, -0.15) is 13.2 Å². The van der Waals surface area contributed by atoms with E-state index in [1.165, 1.54) is 13.8 Å². The molecule has 0 unspecified atom stereocenters. The van der Waals surface area contributed by atoms with Gasteiger partial charge >= 0.3 is 11.5 Å². The molecule has 1 aliphatic heterocycles. The Bertz CT molecular complexity index is 1010. The molecule has 1 aliphatic rings. The highest BCUT2D eigenvalue weighted by Crippen LogP contribution is 2.42. The molecule has 0 N–H and O–H groups in total. The molecule has 150 valence electrons. The lowest BCUT2D eigenvalue weighted by Crippen LogP contribution is -2.40. The predicted molar refractivity (Wildman–Crippen MR) is 90.6 cm³/mol. The van der Waals surface area contributed by atoms with Gasteiger partial charge in [-0.05, 0) is 5.56 Å². The zero-order valence-corrected chi connectivity index (χ0v) is 15.6. The van der Waals surface area contributed by atoms with Gasteiger partial charge in [0, 0.05) is 26.0 Å². The average molecular weight is 416 g/mol. The Morgan fingerprint density at radius 2 is 1.71 bits per heavy atom. The summed E-state index contributed by atoms with van der Waals surface area (Å²) in [5, 5.41) is 0. The third kappa shape index (κ3) is 3.77. The summed E-state index contributed by atoms with van der Waals surface area (Å²) in [6, 6.07) is 10.5. The average Bonchev–Trinajstić information content (AvgIpc) is 2.57. The number of ether oxygens (including phenoxy) is 3. The molecule has 0 fully saturated rings. The first-order valence-corrected chi connectivity index (χ1v) is 9.47. The topological polar surface area (TPSA) is 78.9 Å². The number of carbonyl (C=O) groups excluding carboxylic acids is 1. The van der Waals surface area contributed by atoms with E-state index in [1.807, 2.05) is 0 Å². The first-order chi connectivity index (χ1) is 12.9. The van der Waals surface area contributed by atoms with Gasteiger partial charge in [-0.1, -0.05) is 30.3 Å². The van der Waals surface area contributed by atoms with Crippen molar-refractivity contribution in [3.63, 3.8) is 0 Å². The molecule has 0 aromatic heterocycles. The molecule has 0 radical (unpaired) electrons. The van der Waals surface area contributed by atoms with Gasteiger partial charge in [-0.3, -0.25) is 0 Å². The van der Waals surface area contributed by atoms with Crippen LogP contribution in [0.1, 0.15) is 29.8 Å². The number of carbonyl (C=O) groups is 1. The Morgan fingerprint density at radius 1 is 1.07 bits per heavy atom. The lowest BCUT2D eigenvalue weighted by atomic mass is 10.1. The van der Waals surface area contributed by atoms with E-state index in [1.54, 1.807) is 30.3 Å². The van der Waals surface area contributed by atoms with Crippen LogP contribution >= 0.6 is 0 Å². The first-order valence-electron chi connectivity index (χ1n) is 7.99. The molecule has 0 amide bonds. The van der Waals surface area contributed by atoms with Crippen LogP contribution in [0.3, 0.4) is 0 Å². The maximum absolute atomic E-state index is 13.1. The molecule has 28 heavy (non-hydrogen) atoms. The highest BCUT2D eigenvalue weighted by molar-refractivity contribution is 7.92. The van der Waals surface area contributed by atoms with E-state index in [-0.39, 0.29) is 18.1 Å². The Labute approximate surface area is 158 Å². The predicted octanol–water partition coefficient (Wildman–Crippen LogP) is 3.84. The minimum Gasteiger partial charge on any atom is -0.489 e. The number of fused-ring (bicyclic) bond motifs is 1. The van der Waals surface area contributed by atoms with E-state index < -0.39 is 37.6 Å². The summed E-state index contributed by atoms with van der Waals surface area (Å²) in [4.78, 5) is 10.9. The lowest BCUT2D eigenvalue weighted by molar-refractivity contribution is -0.128. The van der Waals surface area contributed by atoms with Crippen molar-refractivity contribution >= 4 is 15.8 Å². The Balaban J connectivity index is 2.11. The van der Waals surface area contributed by atoms with Gasteiger partial charge in [-0.15, -0.1) is 0 Å². The molecule has 0 spiro atoms. The number of sulfone groups is 1. The number of hydrogen-bond acceptors (Lipinski definition) is 6. The van der Waals surface area contributed by atoms with Crippen molar-refractivity contribution in [2.75, 3.05) is 0 Å². The summed E-state index contributed by atoms with van der Waals surface area (Å²) in [7, 11) is -5.85. The fourth-order valence-electron chi connectivity index (χ4n) is 2.57. The Hall–Kier alpha value is -2.75. The van der Waals surface area contributed by atoms with E-state index in [2.05, 4.69) is 0 Å². The standard InChI is InChI=1S/C18H15F3O6S/c1-17(2)26-13-8-12(25-10-11-6-4-3-5-7-11)9-14(15(13)16(22)27-17)28(23,24)18(19,20)21/h3-9H,10H2,1-2H3. The second-order valence-corrected chi connectivity index (χ2v) is 8.32. The second-order valence-electron chi connectivity index (χ2n) is 6.41. The number of benzene rings is 2. The molecule has 1 heterocycles. The zero-order chi connectivity index (χ0) is 20.7. The van der Waals surface area contributed by atoms with Crippen LogP contribution in [0.25, 0.3) is 0 Å². The van der Waals surface area contributed by atoms with Crippen LogP contribution in [0.4, 0.5) is 13.2 Å². The van der Waals surface area contributed by atoms with Crippen LogP contribution in [0.2, 0.25) is 0 Å². The van der Waals surface area contributed by atoms with Crippen molar-refractivity contribution in [1.29, 1.82) is 0 Å². The zero-order valence-electron chi connectivity index (χ0n) is 14.7. The molecule has 3 rings (SSSR count). The number of alkyl halides is 3. The Morgan fingerprint density at radius 3 is 2.32 bits per heavy atom. The van der Waals surface area contributed by atoms with Gasteiger partial charge in [-0.25, -0.2) is 13.2 Å². The summed E-state index contributed by atoms with van der Waals surface area (Å²) in [5.74, 6) is -3.28. The van der Waals surface area contributed by atoms with E-state index in [4.69, 9.17) is 14.2 Å². The van der Waals surface area contributed by atoms with E-state index in [0.717, 1.165) is 6.07 Å². The molecule has 0 saturated heterocycles. The lowest BCUT2D eigenvalue weighted by Gasteiger charge is -2.32. The highest BCUT2D eigenvalue weighted by atomic mass is 32.2. The third-order valence-corrected chi connectivity index (χ3v) is 5.29. The van der Waals surface area contributed by atoms with Crippen molar-refractivity contribution in [3.8, 4) is 11.5 Å². The van der Waals surface area contributed by atoms with Crippen LogP contribution in [0, 0.1) is 0 Å². The summed E-state index contributed by atoms with van der Waals surface area (Å²) < 4.78 is 79.1. The molecule has 10 heteroatoms. The monoisotopic (exact) mass is 416 g/mol. The van der Waals surface area contributed by atoms with Gasteiger partial charge in [0.15, 0.2) is 0 Å². The molecular formula is C18H15F3O6S. The summed E-state index contributed by atoms with van der Waals surface area (Å²) in [6.07, 6.45) is 0. The van der Waals surface area contributed by atoms with Gasteiger partial charge in [0.05, 0.1) is 4.90 Å². The van der Waals surface area contributed by atoms with Gasteiger partial charge < -0.3 is 14.2 Å². The number of rotatable bonds is 4. The highest BCUT2D eigenvalue weighted by Gasteiger charge is 2.51. The summed E-state index contributed by atoms with van der Waals surface area (Å²) in [6.45, 7) is 2.70. The number of esters is 1. The molecule has 2 aromatic rings. The van der Waals surface area contributed by atoms with Crippen molar-refractivity contribution in [1.82, 2.24) is 0 Å². The summed E-state index contributed by atoms with van der Waals surface area (Å²) in [5.41, 5.74) is -5.73. The molecule has 0 bridgehead atoms. The van der Waals surface area contributed by atoms with Gasteiger partial charge in [0.1, 0.15) is 23.7 Å². The number of halogens is 3. The van der Waals surface area contributed by atoms with E-state index >= 15 is 0 Å². The largest absolute Gasteiger partial charge is 0.501 e. The van der Waals surface area contributed by atoms with Gasteiger partial charge in [0.2, 0.25) is 5.79 Å². The fourth-order valence-corrected chi connectivity index (χ4v) is 3.54. The quantitative estimate of drug-likeness (QED) is 0.705. The van der Waals surface area contributed by atoms with Gasteiger partial charge in [0.25, 0.3) is 9.84 Å². The third-order valence-electron chi connectivity index (χ3n) is 3.78. The van der Waals surface area contributed by atoms with Crippen molar-refractivity contribution < 1.29 is 40.6 Å². The maximum Gasteiger partial charge on any atom is 0.501 e. The Kier molecular flexibility index (Phi) is 4.78. The van der Waals surface area contributed by atoms with Crippen LogP contribution < -0.4 is 9.47 Å². The number of cyclic esters (lactones) is 1. The molecule has 0 aliphatic carbocycles. The number of hydrogen-bond donors (Lipinski definition) is 0. The minimum atomic E-state index is -5.85. The van der Waals surface area contributed by atoms with Crippen molar-refractivity contribution in [2.45, 2.75) is 36.6 Å². The van der Waals surface area contributed by atoms with Crippen molar-refractivity contribution in [2.24, 2.45) is 0 Å². The SMILES string of the molecule is CC1(C)OC(=O)c2c(cc(OCc3ccccc3)cc2S(=O)(=O)C(F)(F)F)O1. The van der Waals surface area contributed by atoms with Crippen LogP contribution in [-0.4, -0.2) is 25.7 Å². The molecule has 0 atom stereocenters.